The maximum atomic E-state index is 12.3. The Kier molecular flexibility index (Phi) is 5.36. The predicted molar refractivity (Wildman–Crippen MR) is 78.3 cm³/mol. The summed E-state index contributed by atoms with van der Waals surface area (Å²) < 4.78 is 40.5. The minimum absolute atomic E-state index is 0.0590. The second kappa shape index (κ2) is 7.11. The molecular weight excluding hydrogens is 327 g/mol. The lowest BCUT2D eigenvalue weighted by molar-refractivity contribution is -0.274. The maximum Gasteiger partial charge on any atom is 0.573 e. The Hall–Kier alpha value is -2.25. The highest BCUT2D eigenvalue weighted by Crippen LogP contribution is 2.25. The first-order valence-electron chi connectivity index (χ1n) is 7.49. The Bertz CT molecular complexity index is 618. The first-order valence-corrected chi connectivity index (χ1v) is 7.49. The number of aliphatic carboxylic acids is 1. The van der Waals surface area contributed by atoms with Crippen molar-refractivity contribution in [3.8, 4) is 5.75 Å². The van der Waals surface area contributed by atoms with Crippen molar-refractivity contribution in [3.63, 3.8) is 0 Å². The molecule has 1 amide bonds. The van der Waals surface area contributed by atoms with E-state index in [0.717, 1.165) is 12.1 Å². The van der Waals surface area contributed by atoms with E-state index in [1.807, 2.05) is 6.92 Å². The van der Waals surface area contributed by atoms with Gasteiger partial charge in [0.05, 0.1) is 12.3 Å². The summed E-state index contributed by atoms with van der Waals surface area (Å²) in [5, 5.41) is 9.13. The minimum atomic E-state index is -4.79. The zero-order chi connectivity index (χ0) is 17.9. The van der Waals surface area contributed by atoms with Gasteiger partial charge in [-0.15, -0.1) is 13.2 Å². The SMILES string of the molecule is CC1CC(C(=O)O)CN(C(=O)Cc2cccc(OC(F)(F)F)c2)C1. The molecule has 1 saturated heterocycles. The Morgan fingerprint density at radius 1 is 1.33 bits per heavy atom. The minimum Gasteiger partial charge on any atom is -0.481 e. The van der Waals surface area contributed by atoms with Crippen LogP contribution in [-0.2, 0) is 16.0 Å². The van der Waals surface area contributed by atoms with Crippen LogP contribution in [0, 0.1) is 11.8 Å². The molecule has 0 saturated carbocycles. The van der Waals surface area contributed by atoms with Crippen molar-refractivity contribution in [3.05, 3.63) is 29.8 Å². The molecule has 2 rings (SSSR count). The Morgan fingerprint density at radius 3 is 2.67 bits per heavy atom. The fourth-order valence-electron chi connectivity index (χ4n) is 2.87. The number of carboxylic acids is 1. The number of benzene rings is 1. The number of carbonyl (C=O) groups excluding carboxylic acids is 1. The van der Waals surface area contributed by atoms with E-state index in [9.17, 15) is 22.8 Å². The van der Waals surface area contributed by atoms with Gasteiger partial charge in [-0.25, -0.2) is 0 Å². The average Bonchev–Trinajstić information content (AvgIpc) is 2.45. The average molecular weight is 345 g/mol. The molecule has 0 aliphatic carbocycles. The van der Waals surface area contributed by atoms with Gasteiger partial charge in [0, 0.05) is 13.1 Å². The van der Waals surface area contributed by atoms with E-state index in [1.54, 1.807) is 0 Å². The van der Waals surface area contributed by atoms with E-state index in [4.69, 9.17) is 5.11 Å². The van der Waals surface area contributed by atoms with E-state index in [-0.39, 0.29) is 30.5 Å². The van der Waals surface area contributed by atoms with Crippen LogP contribution in [-0.4, -0.2) is 41.3 Å². The number of nitrogens with zero attached hydrogens (tertiary/aromatic N) is 1. The van der Waals surface area contributed by atoms with Crippen molar-refractivity contribution in [1.82, 2.24) is 4.90 Å². The molecule has 1 aromatic carbocycles. The zero-order valence-corrected chi connectivity index (χ0v) is 13.0. The molecule has 8 heteroatoms. The number of hydrogen-bond donors (Lipinski definition) is 1. The third-order valence-corrected chi connectivity index (χ3v) is 3.85. The van der Waals surface area contributed by atoms with Crippen LogP contribution in [0.2, 0.25) is 0 Å². The van der Waals surface area contributed by atoms with Crippen LogP contribution in [0.15, 0.2) is 24.3 Å². The molecular formula is C16H18F3NO4. The van der Waals surface area contributed by atoms with E-state index in [1.165, 1.54) is 17.0 Å². The van der Waals surface area contributed by atoms with Gasteiger partial charge >= 0.3 is 12.3 Å². The zero-order valence-electron chi connectivity index (χ0n) is 13.0. The van der Waals surface area contributed by atoms with Gasteiger partial charge in [0.1, 0.15) is 5.75 Å². The molecule has 0 aromatic heterocycles. The molecule has 1 aromatic rings. The van der Waals surface area contributed by atoms with Crippen LogP contribution < -0.4 is 4.74 Å². The lowest BCUT2D eigenvalue weighted by Gasteiger charge is -2.34. The summed E-state index contributed by atoms with van der Waals surface area (Å²) in [5.41, 5.74) is 0.381. The lowest BCUT2D eigenvalue weighted by atomic mass is 9.90. The van der Waals surface area contributed by atoms with Gasteiger partial charge in [-0.05, 0) is 30.0 Å². The predicted octanol–water partition coefficient (Wildman–Crippen LogP) is 2.70. The van der Waals surface area contributed by atoms with Crippen LogP contribution in [0.1, 0.15) is 18.9 Å². The fourth-order valence-corrected chi connectivity index (χ4v) is 2.87. The number of halogens is 3. The molecule has 1 fully saturated rings. The molecule has 1 N–H and O–H groups in total. The van der Waals surface area contributed by atoms with Crippen LogP contribution in [0.3, 0.4) is 0 Å². The van der Waals surface area contributed by atoms with E-state index in [2.05, 4.69) is 4.74 Å². The Labute approximate surface area is 137 Å². The second-order valence-corrected chi connectivity index (χ2v) is 6.05. The molecule has 1 aliphatic heterocycles. The summed E-state index contributed by atoms with van der Waals surface area (Å²) in [4.78, 5) is 25.0. The van der Waals surface area contributed by atoms with Gasteiger partial charge in [0.25, 0.3) is 0 Å². The largest absolute Gasteiger partial charge is 0.573 e. The molecule has 0 spiro atoms. The number of alkyl halides is 3. The molecule has 2 atom stereocenters. The monoisotopic (exact) mass is 345 g/mol. The molecule has 1 aliphatic rings. The van der Waals surface area contributed by atoms with Gasteiger partial charge in [-0.3, -0.25) is 9.59 Å². The second-order valence-electron chi connectivity index (χ2n) is 6.05. The maximum absolute atomic E-state index is 12.3. The molecule has 132 valence electrons. The number of hydrogen-bond acceptors (Lipinski definition) is 3. The number of likely N-dealkylation sites (tertiary alicyclic amines) is 1. The van der Waals surface area contributed by atoms with Gasteiger partial charge in [-0.1, -0.05) is 19.1 Å². The van der Waals surface area contributed by atoms with E-state index in [0.29, 0.717) is 18.5 Å². The van der Waals surface area contributed by atoms with Gasteiger partial charge in [-0.2, -0.15) is 0 Å². The fraction of sp³-hybridized carbons (Fsp3) is 0.500. The van der Waals surface area contributed by atoms with Gasteiger partial charge in [0.15, 0.2) is 0 Å². The van der Waals surface area contributed by atoms with Crippen molar-refractivity contribution in [2.24, 2.45) is 11.8 Å². The highest BCUT2D eigenvalue weighted by atomic mass is 19.4. The third-order valence-electron chi connectivity index (χ3n) is 3.85. The number of carbonyl (C=O) groups is 2. The normalized spacial score (nSPS) is 21.4. The van der Waals surface area contributed by atoms with Crippen molar-refractivity contribution < 1.29 is 32.6 Å². The molecule has 5 nitrogen and oxygen atoms in total. The summed E-state index contributed by atoms with van der Waals surface area (Å²) in [5.74, 6) is -2.19. The number of piperidine rings is 1. The first-order chi connectivity index (χ1) is 11.1. The van der Waals surface area contributed by atoms with Crippen molar-refractivity contribution >= 4 is 11.9 Å². The standard InChI is InChI=1S/C16H18F3NO4/c1-10-5-12(15(22)23)9-20(8-10)14(21)7-11-3-2-4-13(6-11)24-16(17,18)19/h2-4,6,10,12H,5,7-9H2,1H3,(H,22,23). The van der Waals surface area contributed by atoms with E-state index < -0.39 is 18.2 Å². The number of rotatable bonds is 4. The number of carboxylic acid groups (broad SMARTS) is 1. The summed E-state index contributed by atoms with van der Waals surface area (Å²) >= 11 is 0. The Morgan fingerprint density at radius 2 is 2.04 bits per heavy atom. The molecule has 2 unspecified atom stereocenters. The Balaban J connectivity index is 2.03. The third kappa shape index (κ3) is 5.14. The number of ether oxygens (including phenoxy) is 1. The topological polar surface area (TPSA) is 66.8 Å². The van der Waals surface area contributed by atoms with E-state index >= 15 is 0 Å². The van der Waals surface area contributed by atoms with Crippen LogP contribution in [0.5, 0.6) is 5.75 Å². The summed E-state index contributed by atoms with van der Waals surface area (Å²) in [6.45, 7) is 2.44. The first kappa shape index (κ1) is 18.1. The molecule has 0 bridgehead atoms. The van der Waals surface area contributed by atoms with Crippen LogP contribution >= 0.6 is 0 Å². The van der Waals surface area contributed by atoms with Gasteiger partial charge < -0.3 is 14.7 Å². The van der Waals surface area contributed by atoms with Crippen LogP contribution in [0.4, 0.5) is 13.2 Å². The molecule has 1 heterocycles. The quantitative estimate of drug-likeness (QED) is 0.911. The van der Waals surface area contributed by atoms with Crippen molar-refractivity contribution in [2.45, 2.75) is 26.1 Å². The highest BCUT2D eigenvalue weighted by Gasteiger charge is 2.32. The van der Waals surface area contributed by atoms with Crippen molar-refractivity contribution in [2.75, 3.05) is 13.1 Å². The smallest absolute Gasteiger partial charge is 0.481 e. The highest BCUT2D eigenvalue weighted by molar-refractivity contribution is 5.80. The van der Waals surface area contributed by atoms with Gasteiger partial charge in [0.2, 0.25) is 5.91 Å². The summed E-state index contributed by atoms with van der Waals surface area (Å²) in [7, 11) is 0. The number of amides is 1. The molecule has 24 heavy (non-hydrogen) atoms. The van der Waals surface area contributed by atoms with Crippen molar-refractivity contribution in [1.29, 1.82) is 0 Å². The lowest BCUT2D eigenvalue weighted by Crippen LogP contribution is -2.46. The molecule has 0 radical (unpaired) electrons. The van der Waals surface area contributed by atoms with Crippen LogP contribution in [0.25, 0.3) is 0 Å². The summed E-state index contributed by atoms with van der Waals surface area (Å²) in [6, 6.07) is 5.23. The summed E-state index contributed by atoms with van der Waals surface area (Å²) in [6.07, 6.45) is -4.39.